The minimum Gasteiger partial charge on any atom is -0.349 e. The summed E-state index contributed by atoms with van der Waals surface area (Å²) >= 11 is 0. The molecular weight excluding hydrogens is 342 g/mol. The van der Waals surface area contributed by atoms with Gasteiger partial charge < -0.3 is 10.6 Å². The molecule has 0 saturated heterocycles. The number of amides is 2. The second-order valence-corrected chi connectivity index (χ2v) is 6.49. The van der Waals surface area contributed by atoms with E-state index in [1.54, 1.807) is 53.1 Å². The average molecular weight is 361 g/mol. The van der Waals surface area contributed by atoms with E-state index in [9.17, 15) is 9.59 Å². The number of benzene rings is 1. The Balaban J connectivity index is 1.90. The van der Waals surface area contributed by atoms with Crippen molar-refractivity contribution in [1.82, 2.24) is 14.7 Å². The lowest BCUT2D eigenvalue weighted by molar-refractivity contribution is 0.0938. The first-order valence-corrected chi connectivity index (χ1v) is 8.56. The number of carbonyl (C=O) groups excluding carboxylic acids is 2. The molecule has 0 aliphatic heterocycles. The van der Waals surface area contributed by atoms with Gasteiger partial charge in [-0.3, -0.25) is 14.0 Å². The van der Waals surface area contributed by atoms with Gasteiger partial charge in [0.25, 0.3) is 11.8 Å². The Hall–Kier alpha value is -3.66. The van der Waals surface area contributed by atoms with Crippen LogP contribution in [0, 0.1) is 17.2 Å². The number of nitriles is 1. The number of carbonyl (C=O) groups is 2. The molecule has 2 amide bonds. The molecule has 2 N–H and O–H groups in total. The highest BCUT2D eigenvalue weighted by Gasteiger charge is 2.21. The second kappa shape index (κ2) is 7.70. The van der Waals surface area contributed by atoms with Gasteiger partial charge in [0.1, 0.15) is 0 Å². The molecular formula is C20H19N5O2. The number of nitrogens with one attached hydrogen (secondary N) is 2. The van der Waals surface area contributed by atoms with Crippen LogP contribution in [-0.4, -0.2) is 27.7 Å². The van der Waals surface area contributed by atoms with Crippen LogP contribution < -0.4 is 10.6 Å². The summed E-state index contributed by atoms with van der Waals surface area (Å²) < 4.78 is 1.60. The van der Waals surface area contributed by atoms with E-state index in [1.165, 1.54) is 0 Å². The van der Waals surface area contributed by atoms with E-state index in [0.717, 1.165) is 0 Å². The van der Waals surface area contributed by atoms with Gasteiger partial charge in [-0.1, -0.05) is 19.9 Å². The van der Waals surface area contributed by atoms with Crippen molar-refractivity contribution in [2.45, 2.75) is 13.8 Å². The number of aromatic nitrogens is 2. The lowest BCUT2D eigenvalue weighted by Gasteiger charge is -2.06. The first kappa shape index (κ1) is 18.1. The topological polar surface area (TPSA) is 99.3 Å². The highest BCUT2D eigenvalue weighted by atomic mass is 16.2. The molecule has 0 spiro atoms. The molecule has 2 heterocycles. The molecule has 0 atom stereocenters. The van der Waals surface area contributed by atoms with Gasteiger partial charge in [0.15, 0.2) is 5.69 Å². The van der Waals surface area contributed by atoms with Crippen LogP contribution in [0.2, 0.25) is 0 Å². The van der Waals surface area contributed by atoms with Gasteiger partial charge in [-0.25, -0.2) is 4.98 Å². The average Bonchev–Trinajstić information content (AvgIpc) is 3.06. The summed E-state index contributed by atoms with van der Waals surface area (Å²) in [6.07, 6.45) is 1.70. The van der Waals surface area contributed by atoms with E-state index in [4.69, 9.17) is 5.26 Å². The lowest BCUT2D eigenvalue weighted by Crippen LogP contribution is -2.29. The van der Waals surface area contributed by atoms with Crippen molar-refractivity contribution in [3.63, 3.8) is 0 Å². The van der Waals surface area contributed by atoms with Crippen LogP contribution in [0.25, 0.3) is 5.52 Å². The molecule has 3 aromatic rings. The smallest absolute Gasteiger partial charge is 0.287 e. The third-order valence-corrected chi connectivity index (χ3v) is 3.91. The van der Waals surface area contributed by atoms with Gasteiger partial charge in [0.2, 0.25) is 5.82 Å². The maximum atomic E-state index is 12.7. The first-order chi connectivity index (χ1) is 13.0. The quantitative estimate of drug-likeness (QED) is 0.730. The van der Waals surface area contributed by atoms with E-state index in [2.05, 4.69) is 15.6 Å². The summed E-state index contributed by atoms with van der Waals surface area (Å²) in [7, 11) is 0. The zero-order valence-corrected chi connectivity index (χ0v) is 15.1. The van der Waals surface area contributed by atoms with Crippen molar-refractivity contribution >= 4 is 23.0 Å². The van der Waals surface area contributed by atoms with Gasteiger partial charge in [-0.2, -0.15) is 5.26 Å². The predicted molar refractivity (Wildman–Crippen MR) is 101 cm³/mol. The fourth-order valence-corrected chi connectivity index (χ4v) is 2.56. The molecule has 0 radical (unpaired) electrons. The van der Waals surface area contributed by atoms with Crippen molar-refractivity contribution in [2.75, 3.05) is 11.9 Å². The molecule has 0 unspecified atom stereocenters. The standard InChI is InChI=1S/C20H19N5O2/c1-13(2)12-22-20(27)18-24-17(16-5-3-4-10-25(16)18)19(26)23-15-8-6-14(11-21)7-9-15/h3-10,13H,12H2,1-2H3,(H,22,27)(H,23,26). The maximum absolute atomic E-state index is 12.7. The molecule has 0 bridgehead atoms. The normalized spacial score (nSPS) is 10.6. The third kappa shape index (κ3) is 3.96. The van der Waals surface area contributed by atoms with Crippen LogP contribution >= 0.6 is 0 Å². The molecule has 3 rings (SSSR count). The molecule has 7 heteroatoms. The summed E-state index contributed by atoms with van der Waals surface area (Å²) in [4.78, 5) is 29.5. The van der Waals surface area contributed by atoms with Crippen molar-refractivity contribution < 1.29 is 9.59 Å². The van der Waals surface area contributed by atoms with Crippen LogP contribution in [0.4, 0.5) is 5.69 Å². The number of hydrogen-bond donors (Lipinski definition) is 2. The number of rotatable bonds is 5. The minimum absolute atomic E-state index is 0.162. The van der Waals surface area contributed by atoms with Crippen LogP contribution in [0.1, 0.15) is 40.5 Å². The van der Waals surface area contributed by atoms with E-state index in [0.29, 0.717) is 29.2 Å². The Labute approximate surface area is 156 Å². The molecule has 7 nitrogen and oxygen atoms in total. The highest BCUT2D eigenvalue weighted by Crippen LogP contribution is 2.16. The summed E-state index contributed by atoms with van der Waals surface area (Å²) in [5, 5.41) is 14.4. The molecule has 0 saturated carbocycles. The molecule has 0 fully saturated rings. The zero-order valence-electron chi connectivity index (χ0n) is 15.1. The number of anilines is 1. The summed E-state index contributed by atoms with van der Waals surface area (Å²) in [5.41, 5.74) is 1.75. The molecule has 1 aromatic carbocycles. The third-order valence-electron chi connectivity index (χ3n) is 3.91. The number of fused-ring (bicyclic) bond motifs is 1. The SMILES string of the molecule is CC(C)CNC(=O)c1nc(C(=O)Nc2ccc(C#N)cc2)c2ccccn12. The van der Waals surface area contributed by atoms with Gasteiger partial charge in [0, 0.05) is 18.4 Å². The van der Waals surface area contributed by atoms with Crippen molar-refractivity contribution in [2.24, 2.45) is 5.92 Å². The second-order valence-electron chi connectivity index (χ2n) is 6.49. The molecule has 0 aliphatic rings. The van der Waals surface area contributed by atoms with Crippen LogP contribution in [0.5, 0.6) is 0 Å². The fourth-order valence-electron chi connectivity index (χ4n) is 2.56. The predicted octanol–water partition coefficient (Wildman–Crippen LogP) is 2.84. The van der Waals surface area contributed by atoms with Crippen molar-refractivity contribution in [3.8, 4) is 6.07 Å². The lowest BCUT2D eigenvalue weighted by atomic mass is 10.2. The largest absolute Gasteiger partial charge is 0.349 e. The summed E-state index contributed by atoms with van der Waals surface area (Å²) in [5.74, 6) is -0.288. The number of pyridine rings is 1. The Bertz CT molecular complexity index is 1030. The first-order valence-electron chi connectivity index (χ1n) is 8.56. The molecule has 0 aliphatic carbocycles. The van der Waals surface area contributed by atoms with E-state index < -0.39 is 5.91 Å². The Morgan fingerprint density at radius 3 is 2.56 bits per heavy atom. The monoisotopic (exact) mass is 361 g/mol. The van der Waals surface area contributed by atoms with E-state index >= 15 is 0 Å². The van der Waals surface area contributed by atoms with E-state index in [1.807, 2.05) is 19.9 Å². The molecule has 136 valence electrons. The van der Waals surface area contributed by atoms with Gasteiger partial charge in [-0.05, 0) is 42.3 Å². The van der Waals surface area contributed by atoms with Gasteiger partial charge >= 0.3 is 0 Å². The maximum Gasteiger partial charge on any atom is 0.287 e. The Kier molecular flexibility index (Phi) is 5.18. The van der Waals surface area contributed by atoms with E-state index in [-0.39, 0.29) is 17.4 Å². The minimum atomic E-state index is -0.425. The number of nitrogens with zero attached hydrogens (tertiary/aromatic N) is 3. The number of hydrogen-bond acceptors (Lipinski definition) is 4. The number of imidazole rings is 1. The summed E-state index contributed by atoms with van der Waals surface area (Å²) in [6, 6.07) is 13.8. The zero-order chi connectivity index (χ0) is 19.4. The molecule has 2 aromatic heterocycles. The highest BCUT2D eigenvalue weighted by molar-refractivity contribution is 6.08. The van der Waals surface area contributed by atoms with Crippen LogP contribution in [-0.2, 0) is 0 Å². The Morgan fingerprint density at radius 1 is 1.15 bits per heavy atom. The van der Waals surface area contributed by atoms with Crippen LogP contribution in [0.3, 0.4) is 0 Å². The van der Waals surface area contributed by atoms with Gasteiger partial charge in [0.05, 0.1) is 17.1 Å². The fraction of sp³-hybridized carbons (Fsp3) is 0.200. The van der Waals surface area contributed by atoms with Crippen LogP contribution in [0.15, 0.2) is 48.7 Å². The summed E-state index contributed by atoms with van der Waals surface area (Å²) in [6.45, 7) is 4.52. The van der Waals surface area contributed by atoms with Crippen molar-refractivity contribution in [1.29, 1.82) is 5.26 Å². The Morgan fingerprint density at radius 2 is 1.89 bits per heavy atom. The van der Waals surface area contributed by atoms with Gasteiger partial charge in [-0.15, -0.1) is 0 Å². The van der Waals surface area contributed by atoms with Crippen molar-refractivity contribution in [3.05, 3.63) is 65.7 Å². The molecule has 27 heavy (non-hydrogen) atoms.